The Morgan fingerprint density at radius 3 is 2.34 bits per heavy atom. The molecule has 0 bridgehead atoms. The fourth-order valence-electron chi connectivity index (χ4n) is 2.67. The standard InChI is InChI=1S/C23H19N3O3/c27-23(17-18-8-3-1-4-9-18)25-24-22(20-11-5-2-6-12-20)15-14-19-10-7-13-21(16-19)26(28)29/h1-16H,17H2,(H,25,27)/b15-14+,24-22-. The molecule has 29 heavy (non-hydrogen) atoms. The lowest BCUT2D eigenvalue weighted by Crippen LogP contribution is -2.21. The maximum Gasteiger partial charge on any atom is 0.270 e. The van der Waals surface area contributed by atoms with Gasteiger partial charge in [0.1, 0.15) is 0 Å². The summed E-state index contributed by atoms with van der Waals surface area (Å²) in [6, 6.07) is 25.1. The van der Waals surface area contributed by atoms with Gasteiger partial charge in [-0.05, 0) is 17.2 Å². The van der Waals surface area contributed by atoms with E-state index in [0.717, 1.165) is 11.1 Å². The number of carbonyl (C=O) groups excluding carboxylic acids is 1. The fourth-order valence-corrected chi connectivity index (χ4v) is 2.67. The van der Waals surface area contributed by atoms with E-state index in [1.54, 1.807) is 24.3 Å². The van der Waals surface area contributed by atoms with Crippen molar-refractivity contribution >= 4 is 23.4 Å². The summed E-state index contributed by atoms with van der Waals surface area (Å²) in [5, 5.41) is 15.2. The minimum Gasteiger partial charge on any atom is -0.273 e. The van der Waals surface area contributed by atoms with Crippen LogP contribution in [0.3, 0.4) is 0 Å². The van der Waals surface area contributed by atoms with Gasteiger partial charge in [-0.1, -0.05) is 78.9 Å². The number of nitrogens with one attached hydrogen (secondary N) is 1. The zero-order valence-electron chi connectivity index (χ0n) is 15.6. The average molecular weight is 385 g/mol. The van der Waals surface area contributed by atoms with Crippen molar-refractivity contribution in [2.24, 2.45) is 5.10 Å². The molecule has 0 radical (unpaired) electrons. The molecule has 0 aliphatic rings. The molecule has 0 aliphatic heterocycles. The Balaban J connectivity index is 1.79. The third-order valence-electron chi connectivity index (χ3n) is 4.09. The molecule has 6 heteroatoms. The number of nitro groups is 1. The van der Waals surface area contributed by atoms with Crippen LogP contribution in [0.4, 0.5) is 5.69 Å². The van der Waals surface area contributed by atoms with Crippen molar-refractivity contribution in [3.63, 3.8) is 0 Å². The molecule has 3 rings (SSSR count). The molecule has 0 fully saturated rings. The molecule has 0 aromatic heterocycles. The van der Waals surface area contributed by atoms with Gasteiger partial charge in [0.25, 0.3) is 5.69 Å². The lowest BCUT2D eigenvalue weighted by molar-refractivity contribution is -0.384. The summed E-state index contributed by atoms with van der Waals surface area (Å²) in [4.78, 5) is 22.7. The summed E-state index contributed by atoms with van der Waals surface area (Å²) >= 11 is 0. The van der Waals surface area contributed by atoms with Gasteiger partial charge in [-0.15, -0.1) is 0 Å². The first kappa shape index (κ1) is 19.7. The maximum atomic E-state index is 12.2. The van der Waals surface area contributed by atoms with Gasteiger partial charge in [-0.3, -0.25) is 14.9 Å². The van der Waals surface area contributed by atoms with E-state index < -0.39 is 4.92 Å². The lowest BCUT2D eigenvalue weighted by atomic mass is 10.1. The van der Waals surface area contributed by atoms with Crippen molar-refractivity contribution in [1.29, 1.82) is 0 Å². The highest BCUT2D eigenvalue weighted by atomic mass is 16.6. The maximum absolute atomic E-state index is 12.2. The normalized spacial score (nSPS) is 11.4. The largest absolute Gasteiger partial charge is 0.273 e. The number of nitrogens with zero attached hydrogens (tertiary/aromatic N) is 2. The number of rotatable bonds is 7. The van der Waals surface area contributed by atoms with E-state index in [9.17, 15) is 14.9 Å². The molecule has 6 nitrogen and oxygen atoms in total. The first-order valence-corrected chi connectivity index (χ1v) is 9.00. The minimum atomic E-state index is -0.437. The third kappa shape index (κ3) is 5.97. The van der Waals surface area contributed by atoms with Gasteiger partial charge in [0.2, 0.25) is 5.91 Å². The van der Waals surface area contributed by atoms with Crippen molar-refractivity contribution in [2.45, 2.75) is 6.42 Å². The Bertz CT molecular complexity index is 1050. The summed E-state index contributed by atoms with van der Waals surface area (Å²) in [7, 11) is 0. The smallest absolute Gasteiger partial charge is 0.270 e. The number of hydrazone groups is 1. The van der Waals surface area contributed by atoms with Gasteiger partial charge in [0.15, 0.2) is 0 Å². The SMILES string of the molecule is O=C(Cc1ccccc1)N/N=C(/C=C/c1cccc([N+](=O)[O-])c1)c1ccccc1. The topological polar surface area (TPSA) is 84.6 Å². The number of allylic oxidation sites excluding steroid dienone is 1. The summed E-state index contributed by atoms with van der Waals surface area (Å²) in [5.74, 6) is -0.228. The second-order valence-corrected chi connectivity index (χ2v) is 6.25. The Labute approximate surface area is 168 Å². The first-order valence-electron chi connectivity index (χ1n) is 9.00. The van der Waals surface area contributed by atoms with Crippen molar-refractivity contribution in [1.82, 2.24) is 5.43 Å². The van der Waals surface area contributed by atoms with Crippen molar-refractivity contribution in [3.05, 3.63) is 118 Å². The molecular weight excluding hydrogens is 366 g/mol. The van der Waals surface area contributed by atoms with E-state index in [0.29, 0.717) is 11.3 Å². The molecule has 0 spiro atoms. The number of amides is 1. The van der Waals surface area contributed by atoms with Crippen LogP contribution in [-0.2, 0) is 11.2 Å². The van der Waals surface area contributed by atoms with E-state index >= 15 is 0 Å². The van der Waals surface area contributed by atoms with Gasteiger partial charge in [0.05, 0.1) is 17.1 Å². The first-order chi connectivity index (χ1) is 14.1. The lowest BCUT2D eigenvalue weighted by Gasteiger charge is -2.04. The highest BCUT2D eigenvalue weighted by Crippen LogP contribution is 2.15. The molecule has 0 saturated heterocycles. The van der Waals surface area contributed by atoms with Crippen LogP contribution in [-0.4, -0.2) is 16.5 Å². The molecule has 144 valence electrons. The van der Waals surface area contributed by atoms with E-state index in [1.807, 2.05) is 60.7 Å². The van der Waals surface area contributed by atoms with Crippen LogP contribution in [0.2, 0.25) is 0 Å². The number of carbonyl (C=O) groups is 1. The van der Waals surface area contributed by atoms with Gasteiger partial charge in [-0.2, -0.15) is 5.10 Å². The Kier molecular flexibility index (Phi) is 6.62. The Morgan fingerprint density at radius 1 is 0.966 bits per heavy atom. The number of non-ortho nitro benzene ring substituents is 1. The number of hydrogen-bond donors (Lipinski definition) is 1. The second-order valence-electron chi connectivity index (χ2n) is 6.25. The summed E-state index contributed by atoms with van der Waals surface area (Å²) in [6.07, 6.45) is 3.67. The van der Waals surface area contributed by atoms with E-state index in [2.05, 4.69) is 10.5 Å². The average Bonchev–Trinajstić information content (AvgIpc) is 2.75. The van der Waals surface area contributed by atoms with Gasteiger partial charge in [0, 0.05) is 17.7 Å². The highest BCUT2D eigenvalue weighted by molar-refractivity contribution is 6.11. The molecular formula is C23H19N3O3. The van der Waals surface area contributed by atoms with Gasteiger partial charge in [-0.25, -0.2) is 5.43 Å². The van der Waals surface area contributed by atoms with Crippen LogP contribution in [0.5, 0.6) is 0 Å². The number of nitro benzene ring substituents is 1. The number of benzene rings is 3. The zero-order valence-corrected chi connectivity index (χ0v) is 15.6. The summed E-state index contributed by atoms with van der Waals surface area (Å²) < 4.78 is 0. The highest BCUT2D eigenvalue weighted by Gasteiger charge is 2.06. The fraction of sp³-hybridized carbons (Fsp3) is 0.0435. The molecule has 0 aliphatic carbocycles. The minimum absolute atomic E-state index is 0.0153. The number of hydrogen-bond acceptors (Lipinski definition) is 4. The predicted molar refractivity (Wildman–Crippen MR) is 113 cm³/mol. The van der Waals surface area contributed by atoms with Crippen LogP contribution >= 0.6 is 0 Å². The Hall–Kier alpha value is -4.06. The zero-order chi connectivity index (χ0) is 20.5. The van der Waals surface area contributed by atoms with E-state index in [1.165, 1.54) is 12.1 Å². The van der Waals surface area contributed by atoms with Crippen molar-refractivity contribution in [3.8, 4) is 0 Å². The van der Waals surface area contributed by atoms with Crippen LogP contribution in [0.25, 0.3) is 6.08 Å². The summed E-state index contributed by atoms with van der Waals surface area (Å²) in [5.41, 5.74) is 5.52. The van der Waals surface area contributed by atoms with Crippen molar-refractivity contribution < 1.29 is 9.72 Å². The van der Waals surface area contributed by atoms with Gasteiger partial charge >= 0.3 is 0 Å². The van der Waals surface area contributed by atoms with Crippen LogP contribution in [0, 0.1) is 10.1 Å². The second kappa shape index (κ2) is 9.75. The molecule has 3 aromatic carbocycles. The predicted octanol–water partition coefficient (Wildman–Crippen LogP) is 4.37. The van der Waals surface area contributed by atoms with Gasteiger partial charge < -0.3 is 0 Å². The molecule has 1 amide bonds. The summed E-state index contributed by atoms with van der Waals surface area (Å²) in [6.45, 7) is 0. The van der Waals surface area contributed by atoms with Crippen LogP contribution < -0.4 is 5.43 Å². The van der Waals surface area contributed by atoms with Crippen LogP contribution in [0.1, 0.15) is 16.7 Å². The van der Waals surface area contributed by atoms with E-state index in [-0.39, 0.29) is 18.0 Å². The van der Waals surface area contributed by atoms with Crippen LogP contribution in [0.15, 0.2) is 96.1 Å². The molecule has 0 atom stereocenters. The third-order valence-corrected chi connectivity index (χ3v) is 4.09. The Morgan fingerprint density at radius 2 is 1.66 bits per heavy atom. The molecule has 0 unspecified atom stereocenters. The molecule has 0 heterocycles. The molecule has 3 aromatic rings. The quantitative estimate of drug-likeness (QED) is 0.372. The van der Waals surface area contributed by atoms with Crippen molar-refractivity contribution in [2.75, 3.05) is 0 Å². The molecule has 0 saturated carbocycles. The molecule has 1 N–H and O–H groups in total. The monoisotopic (exact) mass is 385 g/mol. The van der Waals surface area contributed by atoms with E-state index in [4.69, 9.17) is 0 Å².